The fourth-order valence-electron chi connectivity index (χ4n) is 2.75. The van der Waals surface area contributed by atoms with Crippen LogP contribution in [-0.2, 0) is 11.2 Å². The molecule has 110 valence electrons. The van der Waals surface area contributed by atoms with E-state index in [1.807, 2.05) is 0 Å². The first-order valence-electron chi connectivity index (χ1n) is 6.79. The van der Waals surface area contributed by atoms with E-state index in [0.29, 0.717) is 23.2 Å². The summed E-state index contributed by atoms with van der Waals surface area (Å²) in [5.41, 5.74) is 0.779. The van der Waals surface area contributed by atoms with Crippen LogP contribution < -0.4 is 4.74 Å². The molecule has 1 N–H and O–H groups in total. The molecule has 0 spiro atoms. The fraction of sp³-hybridized carbons (Fsp3) is 0.533. The van der Waals surface area contributed by atoms with Crippen LogP contribution in [0.25, 0.3) is 0 Å². The van der Waals surface area contributed by atoms with Gasteiger partial charge in [-0.05, 0) is 30.5 Å². The van der Waals surface area contributed by atoms with Crippen molar-refractivity contribution >= 4 is 17.5 Å². The summed E-state index contributed by atoms with van der Waals surface area (Å²) in [6, 6.07) is 5.18. The summed E-state index contributed by atoms with van der Waals surface area (Å²) in [6.07, 6.45) is 1.18. The predicted molar refractivity (Wildman–Crippen MR) is 78.1 cm³/mol. The van der Waals surface area contributed by atoms with Crippen LogP contribution in [0.1, 0.15) is 18.9 Å². The van der Waals surface area contributed by atoms with Crippen molar-refractivity contribution in [2.45, 2.75) is 25.8 Å². The average molecular weight is 298 g/mol. The Bertz CT molecular complexity index is 492. The third-order valence-corrected chi connectivity index (χ3v) is 4.21. The summed E-state index contributed by atoms with van der Waals surface area (Å²) in [7, 11) is 1.58. The van der Waals surface area contributed by atoms with Gasteiger partial charge in [0.1, 0.15) is 5.75 Å². The lowest BCUT2D eigenvalue weighted by molar-refractivity contribution is -0.132. The molecule has 0 aromatic heterocycles. The second kappa shape index (κ2) is 6.46. The largest absolute Gasteiger partial charge is 0.496 e. The number of aliphatic hydroxyl groups excluding tert-OH is 1. The number of carbonyl (C=O) groups is 1. The van der Waals surface area contributed by atoms with Gasteiger partial charge in [-0.2, -0.15) is 0 Å². The molecule has 1 aliphatic heterocycles. The Labute approximate surface area is 124 Å². The molecular formula is C15H20ClNO3. The number of ether oxygens (including phenoxy) is 1. The molecule has 1 aliphatic rings. The van der Waals surface area contributed by atoms with Gasteiger partial charge in [0.05, 0.1) is 26.2 Å². The molecule has 0 radical (unpaired) electrons. The second-order valence-corrected chi connectivity index (χ2v) is 5.67. The maximum Gasteiger partial charge on any atom is 0.227 e. The molecule has 2 rings (SSSR count). The Morgan fingerprint density at radius 3 is 2.95 bits per heavy atom. The fourth-order valence-corrected chi connectivity index (χ4v) is 2.94. The van der Waals surface area contributed by atoms with Gasteiger partial charge in [0.25, 0.3) is 0 Å². The molecule has 2 atom stereocenters. The van der Waals surface area contributed by atoms with E-state index in [1.54, 1.807) is 30.2 Å². The maximum absolute atomic E-state index is 12.4. The summed E-state index contributed by atoms with van der Waals surface area (Å²) in [5, 5.41) is 10.0. The van der Waals surface area contributed by atoms with Gasteiger partial charge in [0, 0.05) is 17.1 Å². The summed E-state index contributed by atoms with van der Waals surface area (Å²) in [6.45, 7) is 2.78. The van der Waals surface area contributed by atoms with Gasteiger partial charge in [-0.25, -0.2) is 0 Å². The van der Waals surface area contributed by atoms with E-state index < -0.39 is 0 Å². The highest BCUT2D eigenvalue weighted by atomic mass is 35.5. The zero-order valence-electron chi connectivity index (χ0n) is 11.8. The molecule has 5 heteroatoms. The summed E-state index contributed by atoms with van der Waals surface area (Å²) < 4.78 is 5.26. The zero-order chi connectivity index (χ0) is 14.7. The quantitative estimate of drug-likeness (QED) is 0.926. The lowest BCUT2D eigenvalue weighted by Gasteiger charge is -2.25. The number of methoxy groups -OCH3 is 1. The minimum atomic E-state index is -0.0762. The summed E-state index contributed by atoms with van der Waals surface area (Å²) in [4.78, 5) is 14.2. The monoisotopic (exact) mass is 297 g/mol. The number of rotatable bonds is 4. The van der Waals surface area contributed by atoms with Crippen LogP contribution in [0.3, 0.4) is 0 Å². The number of halogens is 1. The first-order valence-corrected chi connectivity index (χ1v) is 7.17. The lowest BCUT2D eigenvalue weighted by atomic mass is 10.0. The van der Waals surface area contributed by atoms with E-state index in [4.69, 9.17) is 16.3 Å². The van der Waals surface area contributed by atoms with E-state index in [-0.39, 0.29) is 25.0 Å². The van der Waals surface area contributed by atoms with E-state index in [2.05, 4.69) is 6.92 Å². The molecule has 1 saturated heterocycles. The molecule has 0 saturated carbocycles. The Morgan fingerprint density at radius 2 is 2.30 bits per heavy atom. The summed E-state index contributed by atoms with van der Waals surface area (Å²) >= 11 is 5.98. The van der Waals surface area contributed by atoms with Crippen molar-refractivity contribution in [3.8, 4) is 5.75 Å². The standard InChI is InChI=1S/C15H20ClNO3/c1-10-5-6-17(13(10)9-18)15(19)8-11-7-12(16)3-4-14(11)20-2/h3-4,7,10,13,18H,5-6,8-9H2,1-2H3. The molecule has 1 fully saturated rings. The smallest absolute Gasteiger partial charge is 0.227 e. The van der Waals surface area contributed by atoms with Crippen LogP contribution in [0, 0.1) is 5.92 Å². The maximum atomic E-state index is 12.4. The number of nitrogens with zero attached hydrogens (tertiary/aromatic N) is 1. The van der Waals surface area contributed by atoms with Crippen molar-refractivity contribution in [1.29, 1.82) is 0 Å². The molecule has 1 aromatic rings. The van der Waals surface area contributed by atoms with Gasteiger partial charge < -0.3 is 14.7 Å². The van der Waals surface area contributed by atoms with Crippen molar-refractivity contribution in [1.82, 2.24) is 4.90 Å². The van der Waals surface area contributed by atoms with Gasteiger partial charge in [-0.3, -0.25) is 4.79 Å². The SMILES string of the molecule is COc1ccc(Cl)cc1CC(=O)N1CCC(C)C1CO. The van der Waals surface area contributed by atoms with Crippen molar-refractivity contribution in [2.75, 3.05) is 20.3 Å². The Kier molecular flexibility index (Phi) is 4.89. The summed E-state index contributed by atoms with van der Waals surface area (Å²) in [5.74, 6) is 1.01. The minimum Gasteiger partial charge on any atom is -0.496 e. The Hall–Kier alpha value is -1.26. The van der Waals surface area contributed by atoms with Crippen molar-refractivity contribution in [3.05, 3.63) is 28.8 Å². The van der Waals surface area contributed by atoms with Crippen LogP contribution in [0.5, 0.6) is 5.75 Å². The molecule has 0 bridgehead atoms. The predicted octanol–water partition coefficient (Wildman–Crippen LogP) is 2.12. The van der Waals surface area contributed by atoms with Crippen LogP contribution in [0.15, 0.2) is 18.2 Å². The van der Waals surface area contributed by atoms with E-state index in [9.17, 15) is 9.90 Å². The molecule has 1 heterocycles. The topological polar surface area (TPSA) is 49.8 Å². The number of benzene rings is 1. The highest BCUT2D eigenvalue weighted by Crippen LogP contribution is 2.27. The van der Waals surface area contributed by atoms with Crippen LogP contribution in [0.4, 0.5) is 0 Å². The molecular weight excluding hydrogens is 278 g/mol. The molecule has 2 unspecified atom stereocenters. The van der Waals surface area contributed by atoms with Gasteiger partial charge in [0.15, 0.2) is 0 Å². The first-order chi connectivity index (χ1) is 9.56. The highest BCUT2D eigenvalue weighted by molar-refractivity contribution is 6.30. The first kappa shape index (κ1) is 15.1. The van der Waals surface area contributed by atoms with E-state index in [0.717, 1.165) is 12.0 Å². The molecule has 20 heavy (non-hydrogen) atoms. The van der Waals surface area contributed by atoms with E-state index >= 15 is 0 Å². The number of likely N-dealkylation sites (tertiary alicyclic amines) is 1. The molecule has 4 nitrogen and oxygen atoms in total. The number of hydrogen-bond donors (Lipinski definition) is 1. The lowest BCUT2D eigenvalue weighted by Crippen LogP contribution is -2.40. The van der Waals surface area contributed by atoms with Crippen molar-refractivity contribution < 1.29 is 14.6 Å². The molecule has 1 aromatic carbocycles. The van der Waals surface area contributed by atoms with E-state index in [1.165, 1.54) is 0 Å². The van der Waals surface area contributed by atoms with Crippen LogP contribution in [0.2, 0.25) is 5.02 Å². The number of carbonyl (C=O) groups excluding carboxylic acids is 1. The number of aliphatic hydroxyl groups is 1. The van der Waals surface area contributed by atoms with Gasteiger partial charge in [-0.15, -0.1) is 0 Å². The highest BCUT2D eigenvalue weighted by Gasteiger charge is 2.33. The van der Waals surface area contributed by atoms with Gasteiger partial charge in [-0.1, -0.05) is 18.5 Å². The normalized spacial score (nSPS) is 22.1. The Balaban J connectivity index is 2.14. The Morgan fingerprint density at radius 1 is 1.55 bits per heavy atom. The van der Waals surface area contributed by atoms with Gasteiger partial charge >= 0.3 is 0 Å². The van der Waals surface area contributed by atoms with Crippen LogP contribution in [-0.4, -0.2) is 42.2 Å². The second-order valence-electron chi connectivity index (χ2n) is 5.24. The zero-order valence-corrected chi connectivity index (χ0v) is 12.6. The van der Waals surface area contributed by atoms with Crippen LogP contribution >= 0.6 is 11.6 Å². The van der Waals surface area contributed by atoms with Crippen molar-refractivity contribution in [3.63, 3.8) is 0 Å². The number of hydrogen-bond acceptors (Lipinski definition) is 3. The molecule has 0 aliphatic carbocycles. The molecule has 1 amide bonds. The van der Waals surface area contributed by atoms with Gasteiger partial charge in [0.2, 0.25) is 5.91 Å². The third-order valence-electron chi connectivity index (χ3n) is 3.97. The minimum absolute atomic E-state index is 0.00830. The van der Waals surface area contributed by atoms with Crippen molar-refractivity contribution in [2.24, 2.45) is 5.92 Å². The third kappa shape index (κ3) is 3.07. The average Bonchev–Trinajstić information content (AvgIpc) is 2.80. The number of amides is 1.